The molecule has 0 saturated heterocycles. The maximum Gasteiger partial charge on any atom is 0.350 e. The minimum absolute atomic E-state index is 0.0272. The third-order valence-corrected chi connectivity index (χ3v) is 6.67. The van der Waals surface area contributed by atoms with Crippen molar-refractivity contribution in [2.24, 2.45) is 0 Å². The number of thiophene rings is 1. The highest BCUT2D eigenvalue weighted by atomic mass is 35.5. The molecule has 0 bridgehead atoms. The summed E-state index contributed by atoms with van der Waals surface area (Å²) in [5.41, 5.74) is 5.08. The molecule has 1 aliphatic heterocycles. The number of carbonyl (C=O) groups is 1. The Labute approximate surface area is 195 Å². The third kappa shape index (κ3) is 4.25. The lowest BCUT2D eigenvalue weighted by Crippen LogP contribution is -2.32. The molecular formula is C25H23ClFNO3S. The molecule has 0 aliphatic carbocycles. The van der Waals surface area contributed by atoms with Crippen LogP contribution in [-0.4, -0.2) is 18.6 Å². The van der Waals surface area contributed by atoms with Crippen LogP contribution >= 0.6 is 22.9 Å². The first-order valence-electron chi connectivity index (χ1n) is 10.1. The first-order chi connectivity index (χ1) is 15.2. The number of halogens is 2. The van der Waals surface area contributed by atoms with Crippen molar-refractivity contribution in [3.05, 3.63) is 74.7 Å². The number of hydrogen-bond donors (Lipinski definition) is 1. The van der Waals surface area contributed by atoms with Gasteiger partial charge in [0.15, 0.2) is 0 Å². The molecule has 1 aliphatic rings. The van der Waals surface area contributed by atoms with E-state index in [1.54, 1.807) is 17.5 Å². The van der Waals surface area contributed by atoms with Gasteiger partial charge in [-0.25, -0.2) is 9.18 Å². The van der Waals surface area contributed by atoms with Crippen molar-refractivity contribution >= 4 is 40.2 Å². The number of fused-ring (bicyclic) bond motifs is 1. The average molecular weight is 472 g/mol. The van der Waals surface area contributed by atoms with Gasteiger partial charge in [0.25, 0.3) is 0 Å². The van der Waals surface area contributed by atoms with Crippen molar-refractivity contribution in [1.82, 2.24) is 0 Å². The Morgan fingerprint density at radius 1 is 1.19 bits per heavy atom. The number of esters is 1. The molecule has 4 rings (SSSR count). The number of carbonyl (C=O) groups excluding carboxylic acids is 1. The standard InChI is InChI=1S/C25H23ClFNO3S/c1-14-12-25(2,3)28-20-8-7-16(17-6-5-15(27)11-21(17)30-4)18(22(14)20)13-31-24(29)23-19(26)9-10-32-23/h5-12,28H,13H2,1-4H3. The summed E-state index contributed by atoms with van der Waals surface area (Å²) in [5, 5.41) is 5.64. The Bertz CT molecular complexity index is 1230. The summed E-state index contributed by atoms with van der Waals surface area (Å²) >= 11 is 7.34. The lowest BCUT2D eigenvalue weighted by molar-refractivity contribution is 0.0479. The Morgan fingerprint density at radius 2 is 1.94 bits per heavy atom. The van der Waals surface area contributed by atoms with E-state index in [9.17, 15) is 9.18 Å². The molecule has 0 spiro atoms. The van der Waals surface area contributed by atoms with Crippen molar-refractivity contribution in [2.45, 2.75) is 32.9 Å². The maximum atomic E-state index is 13.8. The van der Waals surface area contributed by atoms with E-state index >= 15 is 0 Å². The SMILES string of the molecule is COc1cc(F)ccc1-c1ccc2c(c1COC(=O)c1sccc1Cl)C(C)=CC(C)(C)N2. The summed E-state index contributed by atoms with van der Waals surface area (Å²) in [4.78, 5) is 13.0. The van der Waals surface area contributed by atoms with Gasteiger partial charge in [0.1, 0.15) is 23.1 Å². The van der Waals surface area contributed by atoms with E-state index in [0.29, 0.717) is 15.6 Å². The number of methoxy groups -OCH3 is 1. The third-order valence-electron chi connectivity index (χ3n) is 5.35. The Kier molecular flexibility index (Phi) is 6.01. The lowest BCUT2D eigenvalue weighted by atomic mass is 9.85. The van der Waals surface area contributed by atoms with E-state index in [0.717, 1.165) is 33.5 Å². The van der Waals surface area contributed by atoms with E-state index in [1.807, 2.05) is 19.1 Å². The molecule has 166 valence electrons. The van der Waals surface area contributed by atoms with Crippen LogP contribution in [-0.2, 0) is 11.3 Å². The van der Waals surface area contributed by atoms with E-state index in [-0.39, 0.29) is 18.0 Å². The fourth-order valence-electron chi connectivity index (χ4n) is 4.13. The van der Waals surface area contributed by atoms with Gasteiger partial charge in [-0.1, -0.05) is 23.7 Å². The molecule has 0 amide bonds. The highest BCUT2D eigenvalue weighted by molar-refractivity contribution is 7.12. The van der Waals surface area contributed by atoms with Crippen molar-refractivity contribution in [3.63, 3.8) is 0 Å². The second kappa shape index (κ2) is 8.60. The molecule has 0 atom stereocenters. The summed E-state index contributed by atoms with van der Waals surface area (Å²) in [6.07, 6.45) is 2.14. The van der Waals surface area contributed by atoms with Crippen LogP contribution in [0.2, 0.25) is 5.02 Å². The van der Waals surface area contributed by atoms with Crippen molar-refractivity contribution in [3.8, 4) is 16.9 Å². The number of allylic oxidation sites excluding steroid dienone is 1. The monoisotopic (exact) mass is 471 g/mol. The first kappa shape index (κ1) is 22.4. The molecule has 1 N–H and O–H groups in total. The molecule has 2 aromatic carbocycles. The first-order valence-corrected chi connectivity index (χ1v) is 11.3. The number of ether oxygens (including phenoxy) is 2. The molecular weight excluding hydrogens is 449 g/mol. The highest BCUT2D eigenvalue weighted by Gasteiger charge is 2.27. The van der Waals surface area contributed by atoms with Gasteiger partial charge < -0.3 is 14.8 Å². The van der Waals surface area contributed by atoms with Crippen LogP contribution in [0.25, 0.3) is 16.7 Å². The molecule has 4 nitrogen and oxygen atoms in total. The van der Waals surface area contributed by atoms with E-state index in [1.165, 1.54) is 30.6 Å². The summed E-state index contributed by atoms with van der Waals surface area (Å²) in [7, 11) is 1.50. The smallest absolute Gasteiger partial charge is 0.350 e. The summed E-state index contributed by atoms with van der Waals surface area (Å²) < 4.78 is 25.0. The van der Waals surface area contributed by atoms with Gasteiger partial charge in [-0.3, -0.25) is 0 Å². The number of nitrogens with one attached hydrogen (secondary N) is 1. The maximum absolute atomic E-state index is 13.8. The molecule has 0 radical (unpaired) electrons. The summed E-state index contributed by atoms with van der Waals surface area (Å²) in [6, 6.07) is 10.0. The van der Waals surface area contributed by atoms with Gasteiger partial charge in [0.2, 0.25) is 0 Å². The molecule has 1 aromatic heterocycles. The van der Waals surface area contributed by atoms with Gasteiger partial charge in [0, 0.05) is 28.4 Å². The van der Waals surface area contributed by atoms with E-state index in [4.69, 9.17) is 21.1 Å². The summed E-state index contributed by atoms with van der Waals surface area (Å²) in [5.74, 6) is -0.460. The second-order valence-corrected chi connectivity index (χ2v) is 9.53. The zero-order chi connectivity index (χ0) is 23.0. The number of rotatable bonds is 5. The zero-order valence-corrected chi connectivity index (χ0v) is 19.8. The van der Waals surface area contributed by atoms with Crippen LogP contribution in [0.1, 0.15) is 41.6 Å². The van der Waals surface area contributed by atoms with Gasteiger partial charge in [-0.05, 0) is 61.6 Å². The van der Waals surface area contributed by atoms with Gasteiger partial charge in [-0.2, -0.15) is 0 Å². The fourth-order valence-corrected chi connectivity index (χ4v) is 5.16. The van der Waals surface area contributed by atoms with Gasteiger partial charge >= 0.3 is 5.97 Å². The summed E-state index contributed by atoms with van der Waals surface area (Å²) in [6.45, 7) is 6.25. The predicted octanol–water partition coefficient (Wildman–Crippen LogP) is 7.18. The predicted molar refractivity (Wildman–Crippen MR) is 128 cm³/mol. The fraction of sp³-hybridized carbons (Fsp3) is 0.240. The van der Waals surface area contributed by atoms with E-state index < -0.39 is 5.97 Å². The van der Waals surface area contributed by atoms with Crippen molar-refractivity contribution < 1.29 is 18.7 Å². The molecule has 0 fully saturated rings. The van der Waals surface area contributed by atoms with Crippen LogP contribution in [0, 0.1) is 5.82 Å². The topological polar surface area (TPSA) is 47.6 Å². The number of benzene rings is 2. The molecule has 2 heterocycles. The van der Waals surface area contributed by atoms with E-state index in [2.05, 4.69) is 25.2 Å². The van der Waals surface area contributed by atoms with Crippen LogP contribution in [0.15, 0.2) is 47.9 Å². The average Bonchev–Trinajstić information content (AvgIpc) is 3.16. The van der Waals surface area contributed by atoms with Crippen LogP contribution in [0.4, 0.5) is 10.1 Å². The number of anilines is 1. The molecule has 0 saturated carbocycles. The largest absolute Gasteiger partial charge is 0.496 e. The molecule has 7 heteroatoms. The van der Waals surface area contributed by atoms with Gasteiger partial charge in [-0.15, -0.1) is 11.3 Å². The second-order valence-electron chi connectivity index (χ2n) is 8.21. The molecule has 3 aromatic rings. The van der Waals surface area contributed by atoms with Crippen LogP contribution < -0.4 is 10.1 Å². The lowest BCUT2D eigenvalue weighted by Gasteiger charge is -2.33. The molecule has 32 heavy (non-hydrogen) atoms. The Morgan fingerprint density at radius 3 is 2.62 bits per heavy atom. The normalized spacial score (nSPS) is 14.2. The number of hydrogen-bond acceptors (Lipinski definition) is 5. The van der Waals surface area contributed by atoms with Crippen LogP contribution in [0.3, 0.4) is 0 Å². The molecule has 0 unspecified atom stereocenters. The Hall–Kier alpha value is -2.83. The van der Waals surface area contributed by atoms with Crippen LogP contribution in [0.5, 0.6) is 5.75 Å². The minimum atomic E-state index is -0.481. The minimum Gasteiger partial charge on any atom is -0.496 e. The zero-order valence-electron chi connectivity index (χ0n) is 18.2. The van der Waals surface area contributed by atoms with Gasteiger partial charge in [0.05, 0.1) is 17.7 Å². The van der Waals surface area contributed by atoms with Crippen molar-refractivity contribution in [2.75, 3.05) is 12.4 Å². The highest BCUT2D eigenvalue weighted by Crippen LogP contribution is 2.43. The Balaban J connectivity index is 1.83. The quantitative estimate of drug-likeness (QED) is 0.400. The van der Waals surface area contributed by atoms with Crippen molar-refractivity contribution in [1.29, 1.82) is 0 Å².